The smallest absolute Gasteiger partial charge is 0.124 e. The van der Waals surface area contributed by atoms with E-state index in [-0.39, 0.29) is 0 Å². The van der Waals surface area contributed by atoms with Crippen LogP contribution in [-0.2, 0) is 6.54 Å². The van der Waals surface area contributed by atoms with Crippen molar-refractivity contribution >= 4 is 6.08 Å². The van der Waals surface area contributed by atoms with E-state index in [0.29, 0.717) is 0 Å². The highest BCUT2D eigenvalue weighted by Gasteiger charge is 2.19. The Labute approximate surface area is 141 Å². The fraction of sp³-hybridized carbons (Fsp3) is 0.600. The van der Waals surface area contributed by atoms with Crippen molar-refractivity contribution in [2.75, 3.05) is 40.3 Å². The Kier molecular flexibility index (Phi) is 6.67. The van der Waals surface area contributed by atoms with Crippen LogP contribution < -0.4 is 4.74 Å². The molecule has 2 rings (SSSR count). The fourth-order valence-corrected chi connectivity index (χ4v) is 3.13. The third kappa shape index (κ3) is 4.58. The van der Waals surface area contributed by atoms with Gasteiger partial charge in [0, 0.05) is 38.3 Å². The van der Waals surface area contributed by atoms with Crippen molar-refractivity contribution in [2.24, 2.45) is 0 Å². The average molecular weight is 316 g/mol. The quantitative estimate of drug-likeness (QED) is 0.792. The van der Waals surface area contributed by atoms with Crippen LogP contribution in [0.25, 0.3) is 6.08 Å². The lowest BCUT2D eigenvalue weighted by atomic mass is 9.95. The molecule has 0 spiro atoms. The van der Waals surface area contributed by atoms with Crippen LogP contribution in [0.3, 0.4) is 0 Å². The van der Waals surface area contributed by atoms with Gasteiger partial charge in [0.25, 0.3) is 0 Å². The Morgan fingerprint density at radius 2 is 1.87 bits per heavy atom. The molecule has 1 aliphatic heterocycles. The maximum absolute atomic E-state index is 5.72. The van der Waals surface area contributed by atoms with Crippen LogP contribution in [0.4, 0.5) is 0 Å². The number of ether oxygens (including phenoxy) is 1. The number of hydrogen-bond donors (Lipinski definition) is 0. The Morgan fingerprint density at radius 1 is 1.17 bits per heavy atom. The largest absolute Gasteiger partial charge is 0.496 e. The third-order valence-corrected chi connectivity index (χ3v) is 4.90. The SMILES string of the molecule is CCC/C=C\c1c(C)c(C)cc(OC)c1CN1CCN(C)CC1. The fourth-order valence-electron chi connectivity index (χ4n) is 3.13. The summed E-state index contributed by atoms with van der Waals surface area (Å²) in [5.74, 6) is 1.03. The lowest BCUT2D eigenvalue weighted by molar-refractivity contribution is 0.147. The normalized spacial score (nSPS) is 17.1. The molecule has 0 unspecified atom stereocenters. The van der Waals surface area contributed by atoms with E-state index >= 15 is 0 Å². The molecule has 23 heavy (non-hydrogen) atoms. The zero-order valence-electron chi connectivity index (χ0n) is 15.5. The summed E-state index contributed by atoms with van der Waals surface area (Å²) in [7, 11) is 3.99. The van der Waals surface area contributed by atoms with Gasteiger partial charge in [-0.15, -0.1) is 0 Å². The summed E-state index contributed by atoms with van der Waals surface area (Å²) >= 11 is 0. The third-order valence-electron chi connectivity index (χ3n) is 4.90. The minimum Gasteiger partial charge on any atom is -0.496 e. The van der Waals surface area contributed by atoms with Crippen LogP contribution >= 0.6 is 0 Å². The number of aryl methyl sites for hydroxylation is 1. The lowest BCUT2D eigenvalue weighted by Gasteiger charge is -2.33. The van der Waals surface area contributed by atoms with Gasteiger partial charge in [0.2, 0.25) is 0 Å². The zero-order chi connectivity index (χ0) is 16.8. The summed E-state index contributed by atoms with van der Waals surface area (Å²) in [6.45, 7) is 12.2. The van der Waals surface area contributed by atoms with Gasteiger partial charge >= 0.3 is 0 Å². The van der Waals surface area contributed by atoms with E-state index in [0.717, 1.165) is 44.9 Å². The first-order valence-electron chi connectivity index (χ1n) is 8.81. The van der Waals surface area contributed by atoms with Gasteiger partial charge < -0.3 is 9.64 Å². The van der Waals surface area contributed by atoms with E-state index in [9.17, 15) is 0 Å². The van der Waals surface area contributed by atoms with Crippen molar-refractivity contribution in [3.63, 3.8) is 0 Å². The van der Waals surface area contributed by atoms with Crippen molar-refractivity contribution in [3.8, 4) is 5.75 Å². The monoisotopic (exact) mass is 316 g/mol. The summed E-state index contributed by atoms with van der Waals surface area (Å²) in [6, 6.07) is 2.19. The minimum atomic E-state index is 0.976. The molecule has 3 nitrogen and oxygen atoms in total. The highest BCUT2D eigenvalue weighted by molar-refractivity contribution is 5.63. The number of hydrogen-bond acceptors (Lipinski definition) is 3. The summed E-state index contributed by atoms with van der Waals surface area (Å²) < 4.78 is 5.72. The number of nitrogens with zero attached hydrogens (tertiary/aromatic N) is 2. The minimum absolute atomic E-state index is 0.976. The predicted molar refractivity (Wildman–Crippen MR) is 99.2 cm³/mol. The topological polar surface area (TPSA) is 15.7 Å². The number of piperazine rings is 1. The molecule has 1 aromatic rings. The molecule has 0 saturated carbocycles. The summed E-state index contributed by atoms with van der Waals surface area (Å²) in [5.41, 5.74) is 5.38. The van der Waals surface area contributed by atoms with Gasteiger partial charge in [-0.05, 0) is 50.1 Å². The van der Waals surface area contributed by atoms with Gasteiger partial charge in [-0.25, -0.2) is 0 Å². The second-order valence-corrected chi connectivity index (χ2v) is 6.68. The van der Waals surface area contributed by atoms with Crippen LogP contribution in [0.15, 0.2) is 12.1 Å². The second-order valence-electron chi connectivity index (χ2n) is 6.68. The van der Waals surface area contributed by atoms with E-state index < -0.39 is 0 Å². The molecule has 0 aromatic heterocycles. The van der Waals surface area contributed by atoms with Crippen LogP contribution in [0.2, 0.25) is 0 Å². The highest BCUT2D eigenvalue weighted by Crippen LogP contribution is 2.31. The van der Waals surface area contributed by atoms with Gasteiger partial charge in [0.1, 0.15) is 5.75 Å². The Balaban J connectivity index is 2.32. The summed E-state index contributed by atoms with van der Waals surface area (Å²) in [5, 5.41) is 0. The summed E-state index contributed by atoms with van der Waals surface area (Å²) in [6.07, 6.45) is 6.92. The molecule has 1 aliphatic rings. The molecule has 0 amide bonds. The molecule has 128 valence electrons. The van der Waals surface area contributed by atoms with E-state index in [4.69, 9.17) is 4.74 Å². The van der Waals surface area contributed by atoms with Crippen molar-refractivity contribution in [3.05, 3.63) is 34.4 Å². The molecule has 0 aliphatic carbocycles. The highest BCUT2D eigenvalue weighted by atomic mass is 16.5. The van der Waals surface area contributed by atoms with Gasteiger partial charge in [-0.2, -0.15) is 0 Å². The van der Waals surface area contributed by atoms with E-state index in [1.54, 1.807) is 7.11 Å². The number of likely N-dealkylation sites (N-methyl/N-ethyl adjacent to an activating group) is 1. The molecule has 0 N–H and O–H groups in total. The van der Waals surface area contributed by atoms with Gasteiger partial charge in [0.05, 0.1) is 7.11 Å². The molecule has 1 fully saturated rings. The Hall–Kier alpha value is -1.32. The van der Waals surface area contributed by atoms with E-state index in [1.165, 1.54) is 28.7 Å². The predicted octanol–water partition coefficient (Wildman–Crippen LogP) is 3.87. The van der Waals surface area contributed by atoms with Gasteiger partial charge in [-0.3, -0.25) is 4.90 Å². The molecule has 0 bridgehead atoms. The molecular formula is C20H32N2O. The van der Waals surface area contributed by atoms with Crippen molar-refractivity contribution in [2.45, 2.75) is 40.2 Å². The van der Waals surface area contributed by atoms with Crippen LogP contribution in [0.5, 0.6) is 5.75 Å². The number of rotatable bonds is 6. The molecule has 1 heterocycles. The van der Waals surface area contributed by atoms with Crippen LogP contribution in [-0.4, -0.2) is 50.1 Å². The van der Waals surface area contributed by atoms with Crippen molar-refractivity contribution < 1.29 is 4.74 Å². The number of methoxy groups -OCH3 is 1. The number of benzene rings is 1. The zero-order valence-corrected chi connectivity index (χ0v) is 15.5. The van der Waals surface area contributed by atoms with Gasteiger partial charge in [0.15, 0.2) is 0 Å². The van der Waals surface area contributed by atoms with Gasteiger partial charge in [-0.1, -0.05) is 25.5 Å². The first kappa shape index (κ1) is 18.0. The molecular weight excluding hydrogens is 284 g/mol. The average Bonchev–Trinajstić information content (AvgIpc) is 2.55. The van der Waals surface area contributed by atoms with E-state index in [2.05, 4.69) is 55.8 Å². The maximum Gasteiger partial charge on any atom is 0.124 e. The lowest BCUT2D eigenvalue weighted by Crippen LogP contribution is -2.44. The van der Waals surface area contributed by atoms with Crippen molar-refractivity contribution in [1.82, 2.24) is 9.80 Å². The molecule has 1 saturated heterocycles. The molecule has 3 heteroatoms. The molecule has 0 atom stereocenters. The molecule has 0 radical (unpaired) electrons. The van der Waals surface area contributed by atoms with Crippen molar-refractivity contribution in [1.29, 1.82) is 0 Å². The summed E-state index contributed by atoms with van der Waals surface area (Å²) in [4.78, 5) is 4.94. The van der Waals surface area contributed by atoms with Crippen LogP contribution in [0, 0.1) is 13.8 Å². The standard InChI is InChI=1S/C20H32N2O/c1-6-7-8-9-18-17(3)16(2)14-20(23-5)19(18)15-22-12-10-21(4)11-13-22/h8-9,14H,6-7,10-13,15H2,1-5H3/b9-8-. The van der Waals surface area contributed by atoms with E-state index in [1.807, 2.05) is 0 Å². The second kappa shape index (κ2) is 8.51. The first-order chi connectivity index (χ1) is 11.1. The maximum atomic E-state index is 5.72. The number of unbranched alkanes of at least 4 members (excludes halogenated alkanes) is 1. The Morgan fingerprint density at radius 3 is 2.48 bits per heavy atom. The number of allylic oxidation sites excluding steroid dienone is 1. The molecule has 1 aromatic carbocycles. The van der Waals surface area contributed by atoms with Crippen LogP contribution in [0.1, 0.15) is 42.0 Å². The first-order valence-corrected chi connectivity index (χ1v) is 8.81. The Bertz CT molecular complexity index is 543.